The topological polar surface area (TPSA) is 86.8 Å². The number of sulfonamides is 1. The summed E-state index contributed by atoms with van der Waals surface area (Å²) in [5.74, 6) is -0.838. The highest BCUT2D eigenvalue weighted by Gasteiger charge is 2.32. The number of carbonyl (C=O) groups excluding carboxylic acids is 2. The normalized spacial score (nSPS) is 15.0. The number of rotatable bonds is 9. The molecular formula is C24H28Cl3N3O4S. The lowest BCUT2D eigenvalue weighted by Crippen LogP contribution is -2.52. The number of nitrogens with zero attached hydrogens (tertiary/aromatic N) is 2. The summed E-state index contributed by atoms with van der Waals surface area (Å²) in [6.45, 7) is 1.21. The zero-order valence-electron chi connectivity index (χ0n) is 19.5. The van der Waals surface area contributed by atoms with Gasteiger partial charge in [-0.1, -0.05) is 78.0 Å². The lowest BCUT2D eigenvalue weighted by atomic mass is 10.1. The lowest BCUT2D eigenvalue weighted by molar-refractivity contribution is -0.139. The third-order valence-corrected chi connectivity index (χ3v) is 8.15. The molecular weight excluding hydrogens is 533 g/mol. The van der Waals surface area contributed by atoms with Gasteiger partial charge in [-0.2, -0.15) is 0 Å². The minimum Gasteiger partial charge on any atom is -0.352 e. The van der Waals surface area contributed by atoms with Crippen molar-refractivity contribution >= 4 is 62.3 Å². The van der Waals surface area contributed by atoms with E-state index in [2.05, 4.69) is 5.32 Å². The van der Waals surface area contributed by atoms with Crippen molar-refractivity contribution in [1.29, 1.82) is 0 Å². The summed E-state index contributed by atoms with van der Waals surface area (Å²) in [4.78, 5) is 28.0. The van der Waals surface area contributed by atoms with Crippen molar-refractivity contribution in [2.24, 2.45) is 0 Å². The molecule has 0 spiro atoms. The molecule has 7 nitrogen and oxygen atoms in total. The number of hydrogen-bond donors (Lipinski definition) is 1. The van der Waals surface area contributed by atoms with Gasteiger partial charge in [0.05, 0.1) is 27.0 Å². The number of anilines is 1. The smallest absolute Gasteiger partial charge is 0.244 e. The van der Waals surface area contributed by atoms with Crippen molar-refractivity contribution in [2.75, 3.05) is 17.1 Å². The van der Waals surface area contributed by atoms with E-state index < -0.39 is 28.5 Å². The Labute approximate surface area is 221 Å². The van der Waals surface area contributed by atoms with E-state index >= 15 is 0 Å². The fourth-order valence-electron chi connectivity index (χ4n) is 4.05. The molecule has 35 heavy (non-hydrogen) atoms. The van der Waals surface area contributed by atoms with Crippen molar-refractivity contribution < 1.29 is 18.0 Å². The Morgan fingerprint density at radius 1 is 1.03 bits per heavy atom. The molecule has 1 N–H and O–H groups in total. The van der Waals surface area contributed by atoms with E-state index in [-0.39, 0.29) is 39.2 Å². The Hall–Kier alpha value is -2.00. The molecule has 3 rings (SSSR count). The molecule has 0 bridgehead atoms. The molecule has 1 aliphatic rings. The molecule has 11 heteroatoms. The predicted octanol–water partition coefficient (Wildman–Crippen LogP) is 4.89. The first-order valence-electron chi connectivity index (χ1n) is 11.2. The van der Waals surface area contributed by atoms with Crippen molar-refractivity contribution in [3.63, 3.8) is 0 Å². The van der Waals surface area contributed by atoms with Gasteiger partial charge in [0.15, 0.2) is 0 Å². The van der Waals surface area contributed by atoms with E-state index in [4.69, 9.17) is 34.8 Å². The van der Waals surface area contributed by atoms with Crippen LogP contribution in [0.1, 0.15) is 38.2 Å². The zero-order chi connectivity index (χ0) is 25.8. The molecule has 1 saturated carbocycles. The van der Waals surface area contributed by atoms with E-state index in [1.54, 1.807) is 6.92 Å². The maximum atomic E-state index is 13.6. The minimum atomic E-state index is -3.94. The fraction of sp³-hybridized carbons (Fsp3) is 0.417. The maximum absolute atomic E-state index is 13.6. The number of halogens is 3. The summed E-state index contributed by atoms with van der Waals surface area (Å²) in [7, 11) is -3.94. The SMILES string of the molecule is C[C@H](C(=O)NC1CCCC1)N(Cc1ccccc1)C(=O)CN(c1cc(Cl)c(Cl)cc1Cl)S(C)(=O)=O. The summed E-state index contributed by atoms with van der Waals surface area (Å²) in [6, 6.07) is 11.1. The van der Waals surface area contributed by atoms with Crippen molar-refractivity contribution in [3.05, 3.63) is 63.1 Å². The Balaban J connectivity index is 1.91. The van der Waals surface area contributed by atoms with Crippen LogP contribution >= 0.6 is 34.8 Å². The highest BCUT2D eigenvalue weighted by molar-refractivity contribution is 7.92. The molecule has 190 valence electrons. The first kappa shape index (κ1) is 27.6. The van der Waals surface area contributed by atoms with E-state index in [1.165, 1.54) is 17.0 Å². The average molecular weight is 561 g/mol. The van der Waals surface area contributed by atoms with Gasteiger partial charge < -0.3 is 10.2 Å². The Morgan fingerprint density at radius 2 is 1.63 bits per heavy atom. The van der Waals surface area contributed by atoms with Crippen LogP contribution in [0, 0.1) is 0 Å². The second kappa shape index (κ2) is 11.8. The molecule has 2 aromatic rings. The second-order valence-electron chi connectivity index (χ2n) is 8.66. The Bertz CT molecular complexity index is 1170. The van der Waals surface area contributed by atoms with Crippen LogP contribution in [-0.4, -0.2) is 50.0 Å². The number of nitrogens with one attached hydrogen (secondary N) is 1. The summed E-state index contributed by atoms with van der Waals surface area (Å²) in [5.41, 5.74) is 0.833. The predicted molar refractivity (Wildman–Crippen MR) is 141 cm³/mol. The molecule has 1 aliphatic carbocycles. The van der Waals surface area contributed by atoms with Gasteiger partial charge in [0.25, 0.3) is 0 Å². The molecule has 0 unspecified atom stereocenters. The molecule has 2 aromatic carbocycles. The molecule has 0 aromatic heterocycles. The van der Waals surface area contributed by atoms with E-state index in [9.17, 15) is 18.0 Å². The highest BCUT2D eigenvalue weighted by atomic mass is 35.5. The lowest BCUT2D eigenvalue weighted by Gasteiger charge is -2.32. The number of hydrogen-bond acceptors (Lipinski definition) is 4. The summed E-state index contributed by atoms with van der Waals surface area (Å²) in [5, 5.41) is 3.30. The van der Waals surface area contributed by atoms with Crippen LogP contribution in [0.2, 0.25) is 15.1 Å². The van der Waals surface area contributed by atoms with Gasteiger partial charge in [0, 0.05) is 12.6 Å². The van der Waals surface area contributed by atoms with Crippen molar-refractivity contribution in [1.82, 2.24) is 10.2 Å². The Morgan fingerprint density at radius 3 is 2.23 bits per heavy atom. The molecule has 0 saturated heterocycles. The monoisotopic (exact) mass is 559 g/mol. The summed E-state index contributed by atoms with van der Waals surface area (Å²) in [6.07, 6.45) is 4.89. The second-order valence-corrected chi connectivity index (χ2v) is 11.8. The molecule has 1 atom stereocenters. The fourth-order valence-corrected chi connectivity index (χ4v) is 5.60. The van der Waals surface area contributed by atoms with E-state index in [1.807, 2.05) is 30.3 Å². The van der Waals surface area contributed by atoms with Gasteiger partial charge in [-0.05, 0) is 37.5 Å². The minimum absolute atomic E-state index is 0.0271. The molecule has 2 amide bonds. The van der Waals surface area contributed by atoms with Crippen LogP contribution in [0.4, 0.5) is 5.69 Å². The molecule has 0 heterocycles. The van der Waals surface area contributed by atoms with E-state index in [0.29, 0.717) is 0 Å². The first-order chi connectivity index (χ1) is 16.5. The largest absolute Gasteiger partial charge is 0.352 e. The first-order valence-corrected chi connectivity index (χ1v) is 14.2. The molecule has 1 fully saturated rings. The number of amides is 2. The standard InChI is InChI=1S/C24H28Cl3N3O4S/c1-16(24(32)28-18-10-6-7-11-18)29(14-17-8-4-3-5-9-17)23(31)15-30(35(2,33)34)22-13-20(26)19(25)12-21(22)27/h3-5,8-9,12-13,16,18H,6-7,10-11,14-15H2,1-2H3,(H,28,32)/t16-/m1/s1. The molecule has 0 radical (unpaired) electrons. The van der Waals surface area contributed by atoms with E-state index in [0.717, 1.165) is 41.8 Å². The molecule has 0 aliphatic heterocycles. The van der Waals surface area contributed by atoms with Crippen molar-refractivity contribution in [2.45, 2.75) is 51.2 Å². The van der Waals surface area contributed by atoms with Crippen molar-refractivity contribution in [3.8, 4) is 0 Å². The third kappa shape index (κ3) is 7.26. The van der Waals surface area contributed by atoms with Crippen LogP contribution in [0.15, 0.2) is 42.5 Å². The Kier molecular flexibility index (Phi) is 9.32. The van der Waals surface area contributed by atoms with Crippen LogP contribution in [0.3, 0.4) is 0 Å². The van der Waals surface area contributed by atoms with Gasteiger partial charge >= 0.3 is 0 Å². The van der Waals surface area contributed by atoms with Crippen LogP contribution in [0.5, 0.6) is 0 Å². The van der Waals surface area contributed by atoms with Gasteiger partial charge in [-0.3, -0.25) is 13.9 Å². The number of carbonyl (C=O) groups is 2. The third-order valence-electron chi connectivity index (χ3n) is 6.00. The summed E-state index contributed by atoms with van der Waals surface area (Å²) >= 11 is 18.4. The van der Waals surface area contributed by atoms with Gasteiger partial charge in [0.2, 0.25) is 21.8 Å². The van der Waals surface area contributed by atoms with Crippen LogP contribution in [-0.2, 0) is 26.2 Å². The average Bonchev–Trinajstić information content (AvgIpc) is 3.31. The number of benzene rings is 2. The van der Waals surface area contributed by atoms with Gasteiger partial charge in [-0.15, -0.1) is 0 Å². The zero-order valence-corrected chi connectivity index (χ0v) is 22.6. The van der Waals surface area contributed by atoms with Gasteiger partial charge in [0.1, 0.15) is 12.6 Å². The van der Waals surface area contributed by atoms with Crippen LogP contribution in [0.25, 0.3) is 0 Å². The summed E-state index contributed by atoms with van der Waals surface area (Å²) < 4.78 is 26.2. The van der Waals surface area contributed by atoms with Gasteiger partial charge in [-0.25, -0.2) is 8.42 Å². The maximum Gasteiger partial charge on any atom is 0.244 e. The van der Waals surface area contributed by atoms with Crippen LogP contribution < -0.4 is 9.62 Å². The highest BCUT2D eigenvalue weighted by Crippen LogP contribution is 2.35. The quantitative estimate of drug-likeness (QED) is 0.443.